The average Bonchev–Trinajstić information content (AvgIpc) is 3.26. The second-order valence-corrected chi connectivity index (χ2v) is 8.52. The van der Waals surface area contributed by atoms with E-state index in [0.717, 1.165) is 67.2 Å². The lowest BCUT2D eigenvalue weighted by atomic mass is 9.99. The molecule has 0 atom stereocenters. The largest absolute Gasteiger partial charge is 0.488 e. The van der Waals surface area contributed by atoms with Gasteiger partial charge in [0, 0.05) is 24.0 Å². The molecule has 1 aliphatic carbocycles. The number of aromatic amines is 1. The number of H-pyrrole nitrogens is 1. The van der Waals surface area contributed by atoms with Crippen molar-refractivity contribution in [1.29, 1.82) is 0 Å². The van der Waals surface area contributed by atoms with Gasteiger partial charge in [0.2, 0.25) is 0 Å². The lowest BCUT2D eigenvalue weighted by Gasteiger charge is -2.31. The van der Waals surface area contributed by atoms with Gasteiger partial charge in [0.15, 0.2) is 5.82 Å². The van der Waals surface area contributed by atoms with Crippen molar-refractivity contribution in [2.45, 2.75) is 45.1 Å². The van der Waals surface area contributed by atoms with E-state index in [9.17, 15) is 4.39 Å². The molecule has 2 aliphatic rings. The molecule has 0 radical (unpaired) electrons. The van der Waals surface area contributed by atoms with E-state index >= 15 is 0 Å². The summed E-state index contributed by atoms with van der Waals surface area (Å²) in [6.45, 7) is 6.30. The quantitative estimate of drug-likeness (QED) is 0.697. The molecular weight excluding hydrogens is 355 g/mol. The lowest BCUT2D eigenvalue weighted by molar-refractivity contribution is 0.200. The van der Waals surface area contributed by atoms with Crippen LogP contribution in [-0.4, -0.2) is 33.9 Å². The summed E-state index contributed by atoms with van der Waals surface area (Å²) in [5, 5.41) is 8.29. The fourth-order valence-corrected chi connectivity index (χ4v) is 3.84. The zero-order valence-electron chi connectivity index (χ0n) is 16.3. The molecule has 0 spiro atoms. The number of rotatable bonds is 4. The summed E-state index contributed by atoms with van der Waals surface area (Å²) in [5.74, 6) is 1.99. The fraction of sp³-hybridized carbons (Fsp3) is 0.455. The Kier molecular flexibility index (Phi) is 4.03. The molecule has 1 aliphatic heterocycles. The van der Waals surface area contributed by atoms with Crippen molar-refractivity contribution in [2.75, 3.05) is 18.0 Å². The standard InChI is InChI=1S/C22H25FN4O/c1-14-5-9-27(10-6-14)20-12-16(18(23)13-24-20)21-17-11-15(28-22(2)7-8-22)3-4-19(17)25-26-21/h3-4,11-14H,5-10H2,1-2H3,(H,25,26). The van der Waals surface area contributed by atoms with Gasteiger partial charge in [-0.2, -0.15) is 5.10 Å². The SMILES string of the molecule is CC1CCN(c2cc(-c3n[nH]c4ccc(OC5(C)CC5)cc34)c(F)cn2)CC1. The number of ether oxygens (including phenoxy) is 1. The van der Waals surface area contributed by atoms with Gasteiger partial charge in [-0.05, 0) is 62.8 Å². The van der Waals surface area contributed by atoms with E-state index in [2.05, 4.69) is 33.9 Å². The van der Waals surface area contributed by atoms with Gasteiger partial charge in [0.05, 0.1) is 11.7 Å². The number of pyridine rings is 1. The van der Waals surface area contributed by atoms with E-state index in [1.54, 1.807) is 0 Å². The van der Waals surface area contributed by atoms with Gasteiger partial charge in [-0.25, -0.2) is 9.37 Å². The average molecular weight is 380 g/mol. The van der Waals surface area contributed by atoms with Crippen LogP contribution in [-0.2, 0) is 0 Å². The zero-order chi connectivity index (χ0) is 19.3. The first-order valence-corrected chi connectivity index (χ1v) is 10.1. The Morgan fingerprint density at radius 3 is 2.75 bits per heavy atom. The maximum atomic E-state index is 14.7. The van der Waals surface area contributed by atoms with Crippen LogP contribution in [0.15, 0.2) is 30.5 Å². The van der Waals surface area contributed by atoms with E-state index < -0.39 is 0 Å². The number of benzene rings is 1. The monoisotopic (exact) mass is 380 g/mol. The minimum atomic E-state index is -0.358. The van der Waals surface area contributed by atoms with Crippen LogP contribution in [0.4, 0.5) is 10.2 Å². The molecule has 1 N–H and O–H groups in total. The van der Waals surface area contributed by atoms with Gasteiger partial charge in [-0.3, -0.25) is 5.10 Å². The van der Waals surface area contributed by atoms with Crippen LogP contribution >= 0.6 is 0 Å². The van der Waals surface area contributed by atoms with E-state index in [4.69, 9.17) is 4.74 Å². The minimum Gasteiger partial charge on any atom is -0.488 e. The van der Waals surface area contributed by atoms with E-state index in [1.807, 2.05) is 24.3 Å². The van der Waals surface area contributed by atoms with Crippen molar-refractivity contribution >= 4 is 16.7 Å². The first-order valence-electron chi connectivity index (χ1n) is 10.1. The van der Waals surface area contributed by atoms with E-state index in [-0.39, 0.29) is 11.4 Å². The van der Waals surface area contributed by atoms with Crippen LogP contribution < -0.4 is 9.64 Å². The molecule has 5 rings (SSSR count). The van der Waals surface area contributed by atoms with Crippen molar-refractivity contribution in [3.8, 4) is 17.0 Å². The van der Waals surface area contributed by atoms with Crippen LogP contribution in [0.5, 0.6) is 5.75 Å². The predicted molar refractivity (Wildman–Crippen MR) is 108 cm³/mol. The number of hydrogen-bond donors (Lipinski definition) is 1. The Hall–Kier alpha value is -2.63. The summed E-state index contributed by atoms with van der Waals surface area (Å²) >= 11 is 0. The van der Waals surface area contributed by atoms with Crippen LogP contribution in [0.1, 0.15) is 39.5 Å². The number of nitrogens with one attached hydrogen (secondary N) is 1. The highest BCUT2D eigenvalue weighted by Gasteiger charge is 2.40. The first-order chi connectivity index (χ1) is 13.5. The van der Waals surface area contributed by atoms with Crippen LogP contribution in [0.3, 0.4) is 0 Å². The molecule has 3 heterocycles. The summed E-state index contributed by atoms with van der Waals surface area (Å²) in [7, 11) is 0. The number of hydrogen-bond acceptors (Lipinski definition) is 4. The van der Waals surface area contributed by atoms with Gasteiger partial charge in [0.1, 0.15) is 22.9 Å². The van der Waals surface area contributed by atoms with Gasteiger partial charge in [-0.15, -0.1) is 0 Å². The van der Waals surface area contributed by atoms with Crippen LogP contribution in [0, 0.1) is 11.7 Å². The Labute approximate surface area is 163 Å². The summed E-state index contributed by atoms with van der Waals surface area (Å²) in [4.78, 5) is 6.58. The highest BCUT2D eigenvalue weighted by molar-refractivity contribution is 5.94. The Morgan fingerprint density at radius 1 is 1.21 bits per heavy atom. The molecule has 1 aromatic carbocycles. The van der Waals surface area contributed by atoms with Gasteiger partial charge in [0.25, 0.3) is 0 Å². The third-order valence-corrected chi connectivity index (χ3v) is 6.06. The van der Waals surface area contributed by atoms with Crippen LogP contribution in [0.2, 0.25) is 0 Å². The molecule has 2 fully saturated rings. The molecule has 28 heavy (non-hydrogen) atoms. The Bertz CT molecular complexity index is 1020. The number of piperidine rings is 1. The number of nitrogens with zero attached hydrogens (tertiary/aromatic N) is 3. The summed E-state index contributed by atoms with van der Waals surface area (Å²) in [6, 6.07) is 7.67. The molecular formula is C22H25FN4O. The normalized spacial score (nSPS) is 19.2. The third-order valence-electron chi connectivity index (χ3n) is 6.06. The minimum absolute atomic E-state index is 0.0575. The number of aromatic nitrogens is 3. The molecule has 1 saturated carbocycles. The van der Waals surface area contributed by atoms with Crippen molar-refractivity contribution in [2.24, 2.45) is 5.92 Å². The van der Waals surface area contributed by atoms with E-state index in [1.165, 1.54) is 6.20 Å². The molecule has 0 amide bonds. The van der Waals surface area contributed by atoms with Crippen molar-refractivity contribution < 1.29 is 9.13 Å². The summed E-state index contributed by atoms with van der Waals surface area (Å²) < 4.78 is 20.8. The van der Waals surface area contributed by atoms with Crippen LogP contribution in [0.25, 0.3) is 22.2 Å². The molecule has 6 heteroatoms. The van der Waals surface area contributed by atoms with E-state index in [0.29, 0.717) is 11.3 Å². The lowest BCUT2D eigenvalue weighted by Crippen LogP contribution is -2.33. The topological polar surface area (TPSA) is 54.0 Å². The zero-order valence-corrected chi connectivity index (χ0v) is 16.3. The number of fused-ring (bicyclic) bond motifs is 1. The second kappa shape index (κ2) is 6.47. The number of anilines is 1. The van der Waals surface area contributed by atoms with Crippen molar-refractivity contribution in [3.05, 3.63) is 36.3 Å². The van der Waals surface area contributed by atoms with Gasteiger partial charge in [-0.1, -0.05) is 6.92 Å². The molecule has 3 aromatic rings. The molecule has 1 saturated heterocycles. The Morgan fingerprint density at radius 2 is 2.00 bits per heavy atom. The molecule has 0 bridgehead atoms. The Balaban J connectivity index is 1.52. The molecule has 5 nitrogen and oxygen atoms in total. The highest BCUT2D eigenvalue weighted by atomic mass is 19.1. The molecule has 0 unspecified atom stereocenters. The predicted octanol–water partition coefficient (Wildman–Crippen LogP) is 4.93. The smallest absolute Gasteiger partial charge is 0.151 e. The fourth-order valence-electron chi connectivity index (χ4n) is 3.84. The summed E-state index contributed by atoms with van der Waals surface area (Å²) in [6.07, 6.45) is 5.73. The highest BCUT2D eigenvalue weighted by Crippen LogP contribution is 2.41. The molecule has 146 valence electrons. The van der Waals surface area contributed by atoms with Crippen molar-refractivity contribution in [3.63, 3.8) is 0 Å². The van der Waals surface area contributed by atoms with Gasteiger partial charge < -0.3 is 9.64 Å². The number of halogens is 1. The van der Waals surface area contributed by atoms with Gasteiger partial charge >= 0.3 is 0 Å². The second-order valence-electron chi connectivity index (χ2n) is 8.52. The maximum absolute atomic E-state index is 14.7. The first kappa shape index (κ1) is 17.5. The molecule has 2 aromatic heterocycles. The maximum Gasteiger partial charge on any atom is 0.151 e. The van der Waals surface area contributed by atoms with Crippen molar-refractivity contribution in [1.82, 2.24) is 15.2 Å². The third kappa shape index (κ3) is 3.21. The summed E-state index contributed by atoms with van der Waals surface area (Å²) in [5.41, 5.74) is 1.89.